The molecule has 3 N–H and O–H groups in total. The molecular weight excluding hydrogens is 256 g/mol. The molecule has 0 atom stereocenters. The number of nitrogens with one attached hydrogen (secondary N) is 1. The Morgan fingerprint density at radius 2 is 2.05 bits per heavy atom. The number of carbonyl (C=O) groups is 1. The van der Waals surface area contributed by atoms with Crippen LogP contribution in [0.2, 0.25) is 0 Å². The number of hydrogen-bond donors (Lipinski definition) is 2. The van der Waals surface area contributed by atoms with Crippen LogP contribution in [-0.4, -0.2) is 19.1 Å². The van der Waals surface area contributed by atoms with Crippen molar-refractivity contribution >= 4 is 11.6 Å². The number of nitrogens with two attached hydrogens (primary N) is 1. The molecule has 0 radical (unpaired) electrons. The van der Waals surface area contributed by atoms with E-state index in [1.54, 1.807) is 30.3 Å². The predicted molar refractivity (Wildman–Crippen MR) is 76.8 cm³/mol. The molecule has 2 aromatic rings. The topological polar surface area (TPSA) is 77.5 Å². The molecule has 0 bridgehead atoms. The number of rotatable bonds is 6. The first-order chi connectivity index (χ1) is 9.70. The molecule has 0 unspecified atom stereocenters. The van der Waals surface area contributed by atoms with Gasteiger partial charge in [-0.1, -0.05) is 6.92 Å². The summed E-state index contributed by atoms with van der Waals surface area (Å²) in [5.41, 5.74) is 6.86. The number of anilines is 1. The second-order valence-corrected chi connectivity index (χ2v) is 4.28. The van der Waals surface area contributed by atoms with Gasteiger partial charge in [-0.05, 0) is 30.3 Å². The van der Waals surface area contributed by atoms with Gasteiger partial charge in [0.25, 0.3) is 5.91 Å². The highest BCUT2D eigenvalue weighted by Gasteiger charge is 2.12. The van der Waals surface area contributed by atoms with Crippen LogP contribution in [0.1, 0.15) is 23.0 Å². The van der Waals surface area contributed by atoms with E-state index in [1.807, 2.05) is 6.92 Å². The summed E-state index contributed by atoms with van der Waals surface area (Å²) in [6, 6.07) is 8.81. The van der Waals surface area contributed by atoms with Gasteiger partial charge in [-0.3, -0.25) is 4.79 Å². The maximum absolute atomic E-state index is 11.9. The monoisotopic (exact) mass is 274 g/mol. The summed E-state index contributed by atoms with van der Waals surface area (Å²) in [6.45, 7) is 2.77. The molecule has 1 heterocycles. The summed E-state index contributed by atoms with van der Waals surface area (Å²) in [5, 5.41) is 2.79. The number of nitrogen functional groups attached to an aromatic ring is 1. The summed E-state index contributed by atoms with van der Waals surface area (Å²) < 4.78 is 10.7. The highest BCUT2D eigenvalue weighted by molar-refractivity contribution is 5.95. The van der Waals surface area contributed by atoms with Crippen molar-refractivity contribution in [2.75, 3.05) is 18.9 Å². The summed E-state index contributed by atoms with van der Waals surface area (Å²) in [6.07, 6.45) is 2.22. The van der Waals surface area contributed by atoms with Crippen molar-refractivity contribution in [2.45, 2.75) is 13.3 Å². The Labute approximate surface area is 117 Å². The fraction of sp³-hybridized carbons (Fsp3) is 0.267. The molecule has 0 spiro atoms. The third-order valence-electron chi connectivity index (χ3n) is 2.85. The minimum Gasteiger partial charge on any atom is -0.492 e. The first-order valence-electron chi connectivity index (χ1n) is 6.53. The minimum atomic E-state index is -0.142. The molecule has 5 nitrogen and oxygen atoms in total. The largest absolute Gasteiger partial charge is 0.492 e. The van der Waals surface area contributed by atoms with Crippen LogP contribution in [0.3, 0.4) is 0 Å². The van der Waals surface area contributed by atoms with Crippen LogP contribution >= 0.6 is 0 Å². The van der Waals surface area contributed by atoms with Crippen LogP contribution in [0, 0.1) is 0 Å². The van der Waals surface area contributed by atoms with E-state index in [0.717, 1.165) is 5.75 Å². The molecular formula is C15H18N2O3. The van der Waals surface area contributed by atoms with Crippen molar-refractivity contribution in [2.24, 2.45) is 0 Å². The fourth-order valence-corrected chi connectivity index (χ4v) is 1.81. The van der Waals surface area contributed by atoms with E-state index in [2.05, 4.69) is 5.32 Å². The van der Waals surface area contributed by atoms with E-state index in [9.17, 15) is 4.79 Å². The molecule has 20 heavy (non-hydrogen) atoms. The predicted octanol–water partition coefficient (Wildman–Crippen LogP) is 2.23. The molecule has 0 aliphatic heterocycles. The molecule has 1 aromatic heterocycles. The van der Waals surface area contributed by atoms with E-state index in [1.165, 1.54) is 6.26 Å². The van der Waals surface area contributed by atoms with Gasteiger partial charge in [0.15, 0.2) is 0 Å². The zero-order chi connectivity index (χ0) is 14.4. The zero-order valence-electron chi connectivity index (χ0n) is 11.4. The summed E-state index contributed by atoms with van der Waals surface area (Å²) in [5.74, 6) is 1.28. The second kappa shape index (κ2) is 6.65. The van der Waals surface area contributed by atoms with Gasteiger partial charge in [-0.2, -0.15) is 0 Å². The maximum atomic E-state index is 11.9. The van der Waals surface area contributed by atoms with E-state index >= 15 is 0 Å². The van der Waals surface area contributed by atoms with Crippen LogP contribution in [0.5, 0.6) is 5.75 Å². The van der Waals surface area contributed by atoms with Crippen LogP contribution in [0.15, 0.2) is 41.0 Å². The summed E-state index contributed by atoms with van der Waals surface area (Å²) >= 11 is 0. The number of hydrogen-bond acceptors (Lipinski definition) is 4. The van der Waals surface area contributed by atoms with Crippen LogP contribution in [0.25, 0.3) is 0 Å². The molecule has 5 heteroatoms. The molecule has 0 fully saturated rings. The third-order valence-corrected chi connectivity index (χ3v) is 2.85. The highest BCUT2D eigenvalue weighted by Crippen LogP contribution is 2.13. The molecule has 0 aliphatic rings. The van der Waals surface area contributed by atoms with Gasteiger partial charge in [0, 0.05) is 12.1 Å². The summed E-state index contributed by atoms with van der Waals surface area (Å²) in [4.78, 5) is 11.9. The molecule has 106 valence electrons. The normalized spacial score (nSPS) is 10.2. The van der Waals surface area contributed by atoms with Gasteiger partial charge in [0.05, 0.1) is 18.4 Å². The number of carbonyl (C=O) groups excluding carboxylic acids is 1. The van der Waals surface area contributed by atoms with Gasteiger partial charge in [-0.25, -0.2) is 0 Å². The van der Waals surface area contributed by atoms with Gasteiger partial charge in [-0.15, -0.1) is 0 Å². The second-order valence-electron chi connectivity index (χ2n) is 4.28. The lowest BCUT2D eigenvalue weighted by atomic mass is 10.2. The lowest BCUT2D eigenvalue weighted by molar-refractivity contribution is 0.0945. The van der Waals surface area contributed by atoms with Crippen molar-refractivity contribution in [1.82, 2.24) is 5.32 Å². The number of amides is 1. The Bertz CT molecular complexity index is 561. The van der Waals surface area contributed by atoms with E-state index in [-0.39, 0.29) is 5.91 Å². The number of benzene rings is 1. The Hall–Kier alpha value is -2.43. The van der Waals surface area contributed by atoms with Crippen molar-refractivity contribution in [3.8, 4) is 5.75 Å². The molecule has 1 amide bonds. The van der Waals surface area contributed by atoms with Gasteiger partial charge >= 0.3 is 0 Å². The Morgan fingerprint density at radius 3 is 2.75 bits per heavy atom. The average Bonchev–Trinajstić information content (AvgIpc) is 2.94. The van der Waals surface area contributed by atoms with Crippen molar-refractivity contribution < 1.29 is 13.9 Å². The van der Waals surface area contributed by atoms with E-state index in [0.29, 0.717) is 36.6 Å². The molecule has 0 aliphatic carbocycles. The first-order valence-corrected chi connectivity index (χ1v) is 6.53. The fourth-order valence-electron chi connectivity index (χ4n) is 1.81. The molecule has 1 aromatic carbocycles. The SMILES string of the molecule is CCc1occc1C(=O)NCCOc1ccc(N)cc1. The number of ether oxygens (including phenoxy) is 1. The van der Waals surface area contributed by atoms with Crippen molar-refractivity contribution in [3.63, 3.8) is 0 Å². The van der Waals surface area contributed by atoms with E-state index in [4.69, 9.17) is 14.9 Å². The van der Waals surface area contributed by atoms with Gasteiger partial charge in [0.1, 0.15) is 18.1 Å². The van der Waals surface area contributed by atoms with Gasteiger partial charge < -0.3 is 20.2 Å². The van der Waals surface area contributed by atoms with Crippen molar-refractivity contribution in [1.29, 1.82) is 0 Å². The number of aryl methyl sites for hydroxylation is 1. The van der Waals surface area contributed by atoms with Crippen LogP contribution < -0.4 is 15.8 Å². The Morgan fingerprint density at radius 1 is 1.30 bits per heavy atom. The lowest BCUT2D eigenvalue weighted by Crippen LogP contribution is -2.28. The Balaban J connectivity index is 1.76. The van der Waals surface area contributed by atoms with Crippen LogP contribution in [-0.2, 0) is 6.42 Å². The van der Waals surface area contributed by atoms with Crippen molar-refractivity contribution in [3.05, 3.63) is 47.9 Å². The van der Waals surface area contributed by atoms with Crippen LogP contribution in [0.4, 0.5) is 5.69 Å². The standard InChI is InChI=1S/C15H18N2O3/c1-2-14-13(7-9-20-14)15(18)17-8-10-19-12-5-3-11(16)4-6-12/h3-7,9H,2,8,10,16H2,1H3,(H,17,18). The quantitative estimate of drug-likeness (QED) is 0.625. The number of furan rings is 1. The molecule has 2 rings (SSSR count). The zero-order valence-corrected chi connectivity index (χ0v) is 11.4. The Kier molecular flexibility index (Phi) is 4.65. The van der Waals surface area contributed by atoms with Gasteiger partial charge in [0.2, 0.25) is 0 Å². The summed E-state index contributed by atoms with van der Waals surface area (Å²) in [7, 11) is 0. The molecule has 0 saturated carbocycles. The first kappa shape index (κ1) is 14.0. The molecule has 0 saturated heterocycles. The third kappa shape index (κ3) is 3.54. The smallest absolute Gasteiger partial charge is 0.254 e. The maximum Gasteiger partial charge on any atom is 0.254 e. The average molecular weight is 274 g/mol. The minimum absolute atomic E-state index is 0.142. The lowest BCUT2D eigenvalue weighted by Gasteiger charge is -2.07. The highest BCUT2D eigenvalue weighted by atomic mass is 16.5. The van der Waals surface area contributed by atoms with E-state index < -0.39 is 0 Å².